The molecule has 2 aromatic heterocycles. The second kappa shape index (κ2) is 6.96. The van der Waals surface area contributed by atoms with Crippen LogP contribution >= 0.6 is 0 Å². The van der Waals surface area contributed by atoms with Gasteiger partial charge >= 0.3 is 0 Å². The molecule has 0 saturated carbocycles. The van der Waals surface area contributed by atoms with Crippen molar-refractivity contribution in [1.29, 1.82) is 0 Å². The number of carbonyl (C=O) groups is 1. The number of ether oxygens (including phenoxy) is 1. The maximum atomic E-state index is 13.0. The van der Waals surface area contributed by atoms with Crippen LogP contribution in [0.15, 0.2) is 24.5 Å². The van der Waals surface area contributed by atoms with Crippen LogP contribution in [0.4, 0.5) is 5.82 Å². The van der Waals surface area contributed by atoms with Crippen LogP contribution in [0.1, 0.15) is 35.8 Å². The highest BCUT2D eigenvalue weighted by Crippen LogP contribution is 2.29. The number of methoxy groups -OCH3 is 1. The molecule has 1 aliphatic rings. The van der Waals surface area contributed by atoms with Crippen LogP contribution < -0.4 is 5.32 Å². The van der Waals surface area contributed by atoms with Gasteiger partial charge < -0.3 is 15.0 Å². The highest BCUT2D eigenvalue weighted by atomic mass is 16.5. The number of nitrogens with zero attached hydrogens (tertiary/aromatic N) is 4. The second-order valence-electron chi connectivity index (χ2n) is 6.18. The van der Waals surface area contributed by atoms with E-state index in [1.165, 1.54) is 0 Å². The number of amides is 1. The average Bonchev–Trinajstić information content (AvgIpc) is 3.23. The van der Waals surface area contributed by atoms with Crippen LogP contribution in [0.2, 0.25) is 0 Å². The lowest BCUT2D eigenvalue weighted by atomic mass is 10.0. The van der Waals surface area contributed by atoms with E-state index in [1.807, 2.05) is 13.8 Å². The normalized spacial score (nSPS) is 20.6. The van der Waals surface area contributed by atoms with Crippen molar-refractivity contribution in [3.63, 3.8) is 0 Å². The van der Waals surface area contributed by atoms with Crippen molar-refractivity contribution in [2.24, 2.45) is 0 Å². The summed E-state index contributed by atoms with van der Waals surface area (Å²) in [5.74, 6) is 0.562. The molecule has 1 fully saturated rings. The molecule has 0 unspecified atom stereocenters. The maximum Gasteiger partial charge on any atom is 0.257 e. The number of hydrogen-bond acceptors (Lipinski definition) is 6. The van der Waals surface area contributed by atoms with Crippen LogP contribution in [-0.4, -0.2) is 63.5 Å². The first-order valence-corrected chi connectivity index (χ1v) is 7.99. The van der Waals surface area contributed by atoms with Gasteiger partial charge in [-0.1, -0.05) is 0 Å². The van der Waals surface area contributed by atoms with Gasteiger partial charge in [-0.05, 0) is 26.0 Å². The van der Waals surface area contributed by atoms with Gasteiger partial charge in [0.1, 0.15) is 5.82 Å². The largest absolute Gasteiger partial charge is 0.379 e. The van der Waals surface area contributed by atoms with E-state index in [9.17, 15) is 4.79 Å². The van der Waals surface area contributed by atoms with Gasteiger partial charge in [0.2, 0.25) is 0 Å². The first kappa shape index (κ1) is 16.4. The average molecular weight is 330 g/mol. The monoisotopic (exact) mass is 330 g/mol. The van der Waals surface area contributed by atoms with E-state index in [2.05, 4.69) is 25.7 Å². The van der Waals surface area contributed by atoms with Crippen LogP contribution in [0.3, 0.4) is 0 Å². The smallest absolute Gasteiger partial charge is 0.257 e. The molecule has 128 valence electrons. The zero-order valence-corrected chi connectivity index (χ0v) is 14.1. The highest BCUT2D eigenvalue weighted by Gasteiger charge is 2.38. The molecule has 1 aliphatic heterocycles. The third kappa shape index (κ3) is 3.23. The van der Waals surface area contributed by atoms with Gasteiger partial charge in [-0.3, -0.25) is 4.79 Å². The standard InChI is InChI=1S/C16H22N6O2/c1-10(2)19-15-11(5-4-6-17-15)16(23)22-8-12(14(9-22)24-3)13-7-18-21-20-13/h4-7,10,12,14H,8-9H2,1-3H3,(H,17,19)(H,18,20,21)/t12-,14+/m0/s1. The Balaban J connectivity index is 1.81. The number of H-pyrrole nitrogens is 1. The molecule has 3 rings (SSSR count). The molecular formula is C16H22N6O2. The molecule has 0 spiro atoms. The Bertz CT molecular complexity index is 688. The van der Waals surface area contributed by atoms with Gasteiger partial charge in [0.05, 0.1) is 29.5 Å². The van der Waals surface area contributed by atoms with Gasteiger partial charge in [0, 0.05) is 32.4 Å². The number of nitrogens with one attached hydrogen (secondary N) is 2. The number of aromatic amines is 1. The van der Waals surface area contributed by atoms with Crippen molar-refractivity contribution in [2.45, 2.75) is 31.9 Å². The third-order valence-corrected chi connectivity index (χ3v) is 4.13. The minimum Gasteiger partial charge on any atom is -0.379 e. The van der Waals surface area contributed by atoms with E-state index in [1.54, 1.807) is 36.5 Å². The molecule has 1 amide bonds. The minimum absolute atomic E-state index is 0.0101. The minimum atomic E-state index is -0.0998. The Morgan fingerprint density at radius 1 is 1.46 bits per heavy atom. The van der Waals surface area contributed by atoms with E-state index < -0.39 is 0 Å². The van der Waals surface area contributed by atoms with Crippen LogP contribution in [0.5, 0.6) is 0 Å². The quantitative estimate of drug-likeness (QED) is 0.857. The predicted molar refractivity (Wildman–Crippen MR) is 88.8 cm³/mol. The van der Waals surface area contributed by atoms with Crippen LogP contribution in [0, 0.1) is 0 Å². The summed E-state index contributed by atoms with van der Waals surface area (Å²) >= 11 is 0. The molecule has 8 nitrogen and oxygen atoms in total. The Kier molecular flexibility index (Phi) is 4.75. The molecule has 2 aromatic rings. The summed E-state index contributed by atoms with van der Waals surface area (Å²) in [7, 11) is 1.65. The van der Waals surface area contributed by atoms with Gasteiger partial charge in [-0.2, -0.15) is 15.4 Å². The Hall–Kier alpha value is -2.48. The number of anilines is 1. The molecule has 2 N–H and O–H groups in total. The summed E-state index contributed by atoms with van der Waals surface area (Å²) in [6.45, 7) is 5.09. The number of carbonyl (C=O) groups excluding carboxylic acids is 1. The molecule has 0 radical (unpaired) electrons. The summed E-state index contributed by atoms with van der Waals surface area (Å²) < 4.78 is 5.55. The lowest BCUT2D eigenvalue weighted by Gasteiger charge is -2.19. The zero-order chi connectivity index (χ0) is 17.1. The molecule has 1 saturated heterocycles. The van der Waals surface area contributed by atoms with E-state index in [0.717, 1.165) is 5.69 Å². The SMILES string of the molecule is CO[C@@H]1CN(C(=O)c2cccnc2NC(C)C)C[C@H]1c1cn[nH]n1. The van der Waals surface area contributed by atoms with Crippen molar-refractivity contribution in [3.8, 4) is 0 Å². The van der Waals surface area contributed by atoms with Gasteiger partial charge in [-0.25, -0.2) is 4.98 Å². The number of pyridine rings is 1. The van der Waals surface area contributed by atoms with Gasteiger partial charge in [0.15, 0.2) is 0 Å². The second-order valence-corrected chi connectivity index (χ2v) is 6.18. The number of hydrogen-bond donors (Lipinski definition) is 2. The molecule has 8 heteroatoms. The molecule has 0 aliphatic carbocycles. The lowest BCUT2D eigenvalue weighted by Crippen LogP contribution is -2.31. The van der Waals surface area contributed by atoms with Crippen molar-refractivity contribution >= 4 is 11.7 Å². The molecule has 0 aromatic carbocycles. The van der Waals surface area contributed by atoms with E-state index >= 15 is 0 Å². The predicted octanol–water partition coefficient (Wildman–Crippen LogP) is 1.27. The Morgan fingerprint density at radius 3 is 2.96 bits per heavy atom. The molecule has 3 heterocycles. The highest BCUT2D eigenvalue weighted by molar-refractivity contribution is 5.99. The van der Waals surface area contributed by atoms with Crippen molar-refractivity contribution in [3.05, 3.63) is 35.8 Å². The van der Waals surface area contributed by atoms with Gasteiger partial charge in [0.25, 0.3) is 5.91 Å². The van der Waals surface area contributed by atoms with Crippen LogP contribution in [-0.2, 0) is 4.74 Å². The topological polar surface area (TPSA) is 96.0 Å². The van der Waals surface area contributed by atoms with E-state index in [0.29, 0.717) is 24.5 Å². The first-order valence-electron chi connectivity index (χ1n) is 7.99. The van der Waals surface area contributed by atoms with Gasteiger partial charge in [-0.15, -0.1) is 0 Å². The lowest BCUT2D eigenvalue weighted by molar-refractivity contribution is 0.0714. The van der Waals surface area contributed by atoms with Crippen LogP contribution in [0.25, 0.3) is 0 Å². The fraction of sp³-hybridized carbons (Fsp3) is 0.500. The summed E-state index contributed by atoms with van der Waals surface area (Å²) in [6, 6.07) is 3.77. The number of likely N-dealkylation sites (tertiary alicyclic amines) is 1. The summed E-state index contributed by atoms with van der Waals surface area (Å²) in [5, 5.41) is 13.8. The summed E-state index contributed by atoms with van der Waals surface area (Å²) in [4.78, 5) is 19.1. The fourth-order valence-electron chi connectivity index (χ4n) is 2.99. The maximum absolute atomic E-state index is 13.0. The first-order chi connectivity index (χ1) is 11.6. The number of rotatable bonds is 5. The van der Waals surface area contributed by atoms with E-state index in [-0.39, 0.29) is 24.0 Å². The van der Waals surface area contributed by atoms with E-state index in [4.69, 9.17) is 4.74 Å². The number of aromatic nitrogens is 4. The zero-order valence-electron chi connectivity index (χ0n) is 14.1. The fourth-order valence-corrected chi connectivity index (χ4v) is 2.99. The molecule has 0 bridgehead atoms. The van der Waals surface area contributed by atoms with Crippen molar-refractivity contribution in [1.82, 2.24) is 25.3 Å². The third-order valence-electron chi connectivity index (χ3n) is 4.13. The summed E-state index contributed by atoms with van der Waals surface area (Å²) in [6.07, 6.45) is 3.26. The van der Waals surface area contributed by atoms with Crippen molar-refractivity contribution in [2.75, 3.05) is 25.5 Å². The molecule has 24 heavy (non-hydrogen) atoms. The summed E-state index contributed by atoms with van der Waals surface area (Å²) in [5.41, 5.74) is 1.38. The van der Waals surface area contributed by atoms with Crippen molar-refractivity contribution < 1.29 is 9.53 Å². The Labute approximate surface area is 140 Å². The Morgan fingerprint density at radius 2 is 2.29 bits per heavy atom. The molecule has 2 atom stereocenters. The molecular weight excluding hydrogens is 308 g/mol.